The average molecular weight is 432 g/mol. The molecule has 0 aliphatic carbocycles. The maximum Gasteiger partial charge on any atom is 0.246 e. The number of nitrogens with one attached hydrogen (secondary N) is 1. The highest BCUT2D eigenvalue weighted by Gasteiger charge is 2.32. The number of nitrogen functional groups attached to an aromatic ring is 1. The number of hydrogen-bond donors (Lipinski definition) is 2. The van der Waals surface area contributed by atoms with E-state index in [1.165, 1.54) is 4.90 Å². The minimum absolute atomic E-state index is 0.0929. The van der Waals surface area contributed by atoms with E-state index in [4.69, 9.17) is 5.73 Å². The summed E-state index contributed by atoms with van der Waals surface area (Å²) in [6.07, 6.45) is 0.367. The lowest BCUT2D eigenvalue weighted by Gasteiger charge is -2.24. The van der Waals surface area contributed by atoms with Crippen molar-refractivity contribution < 1.29 is 18.0 Å². The molecule has 2 aromatic rings. The normalized spacial score (nSPS) is 12.2. The number of carbonyl (C=O) groups is 2. The van der Waals surface area contributed by atoms with Gasteiger partial charge >= 0.3 is 0 Å². The van der Waals surface area contributed by atoms with Gasteiger partial charge in [0.2, 0.25) is 21.8 Å². The van der Waals surface area contributed by atoms with Crippen LogP contribution in [0.3, 0.4) is 0 Å². The van der Waals surface area contributed by atoms with Gasteiger partial charge in [0.05, 0.1) is 5.75 Å². The highest BCUT2D eigenvalue weighted by molar-refractivity contribution is 7.90. The van der Waals surface area contributed by atoms with Crippen LogP contribution in [0.2, 0.25) is 0 Å². The van der Waals surface area contributed by atoms with Gasteiger partial charge in [-0.25, -0.2) is 8.42 Å². The Morgan fingerprint density at radius 2 is 1.57 bits per heavy atom. The molecular weight excluding hydrogens is 402 g/mol. The number of rotatable bonds is 10. The average Bonchev–Trinajstić information content (AvgIpc) is 2.73. The number of aryl methyl sites for hydroxylation is 1. The van der Waals surface area contributed by atoms with Crippen LogP contribution in [-0.2, 0) is 32.5 Å². The second kappa shape index (κ2) is 10.8. The molecule has 0 radical (unpaired) electrons. The third-order valence-corrected chi connectivity index (χ3v) is 6.12. The van der Waals surface area contributed by atoms with Gasteiger partial charge in [0.1, 0.15) is 5.92 Å². The van der Waals surface area contributed by atoms with Crippen molar-refractivity contribution in [1.29, 1.82) is 0 Å². The van der Waals surface area contributed by atoms with Crippen LogP contribution in [0.1, 0.15) is 25.0 Å². The van der Waals surface area contributed by atoms with Crippen LogP contribution in [0.4, 0.5) is 5.69 Å². The van der Waals surface area contributed by atoms with E-state index in [1.54, 1.807) is 24.3 Å². The van der Waals surface area contributed by atoms with Crippen molar-refractivity contribution in [2.75, 3.05) is 24.6 Å². The van der Waals surface area contributed by atoms with E-state index in [9.17, 15) is 18.0 Å². The van der Waals surface area contributed by atoms with Crippen LogP contribution >= 0.6 is 0 Å². The molecule has 0 spiro atoms. The number of sulfonamides is 1. The Morgan fingerprint density at radius 3 is 2.13 bits per heavy atom. The number of anilines is 1. The number of carbonyl (C=O) groups excluding carboxylic acids is 2. The topological polar surface area (TPSA) is 110 Å². The molecular formula is C22H29N3O4S. The van der Waals surface area contributed by atoms with Gasteiger partial charge in [-0.15, -0.1) is 0 Å². The fourth-order valence-electron chi connectivity index (χ4n) is 3.11. The van der Waals surface area contributed by atoms with E-state index in [0.717, 1.165) is 11.1 Å². The van der Waals surface area contributed by atoms with E-state index in [0.29, 0.717) is 18.8 Å². The van der Waals surface area contributed by atoms with Gasteiger partial charge in [-0.3, -0.25) is 14.3 Å². The summed E-state index contributed by atoms with van der Waals surface area (Å²) in [5, 5.41) is 0. The number of amides is 2. The van der Waals surface area contributed by atoms with E-state index in [1.807, 2.05) is 44.2 Å². The summed E-state index contributed by atoms with van der Waals surface area (Å²) in [7, 11) is -3.89. The molecule has 0 saturated carbocycles. The first-order valence-electron chi connectivity index (χ1n) is 9.97. The highest BCUT2D eigenvalue weighted by Crippen LogP contribution is 2.15. The molecule has 0 fully saturated rings. The Balaban J connectivity index is 2.15. The van der Waals surface area contributed by atoms with Crippen LogP contribution in [0, 0.1) is 5.92 Å². The quantitative estimate of drug-likeness (QED) is 0.442. The van der Waals surface area contributed by atoms with Crippen LogP contribution in [-0.4, -0.2) is 44.0 Å². The van der Waals surface area contributed by atoms with Crippen LogP contribution in [0.15, 0.2) is 54.6 Å². The van der Waals surface area contributed by atoms with Gasteiger partial charge in [0.25, 0.3) is 0 Å². The molecule has 0 bridgehead atoms. The summed E-state index contributed by atoms with van der Waals surface area (Å²) in [6.45, 7) is 4.50. The lowest BCUT2D eigenvalue weighted by atomic mass is 9.97. The Kier molecular flexibility index (Phi) is 8.41. The van der Waals surface area contributed by atoms with Gasteiger partial charge in [-0.05, 0) is 49.9 Å². The minimum Gasteiger partial charge on any atom is -0.399 e. The van der Waals surface area contributed by atoms with Crippen molar-refractivity contribution in [3.8, 4) is 0 Å². The van der Waals surface area contributed by atoms with Crippen LogP contribution < -0.4 is 10.5 Å². The zero-order valence-electron chi connectivity index (χ0n) is 17.4. The standard InChI is InChI=1S/C22H29N3O4S/c1-3-25(4-2)22(27)20(16-18-10-12-19(23)13-11-18)21(26)24-30(28,29)15-14-17-8-6-5-7-9-17/h5-13,20H,3-4,14-16,23H2,1-2H3,(H,24,26). The first-order valence-corrected chi connectivity index (χ1v) is 11.6. The summed E-state index contributed by atoms with van der Waals surface area (Å²) < 4.78 is 27.1. The fraction of sp³-hybridized carbons (Fsp3) is 0.364. The molecule has 2 aromatic carbocycles. The van der Waals surface area contributed by atoms with Crippen LogP contribution in [0.5, 0.6) is 0 Å². The Bertz CT molecular complexity index is 940. The molecule has 30 heavy (non-hydrogen) atoms. The number of nitrogens with two attached hydrogens (primary N) is 1. The fourth-order valence-corrected chi connectivity index (χ4v) is 4.16. The summed E-state index contributed by atoms with van der Waals surface area (Å²) in [4.78, 5) is 27.3. The number of hydrogen-bond acceptors (Lipinski definition) is 5. The van der Waals surface area contributed by atoms with Crippen molar-refractivity contribution in [2.45, 2.75) is 26.7 Å². The molecule has 0 saturated heterocycles. The molecule has 0 heterocycles. The van der Waals surface area contributed by atoms with Gasteiger partial charge in [-0.2, -0.15) is 0 Å². The first-order chi connectivity index (χ1) is 14.3. The third-order valence-electron chi connectivity index (χ3n) is 4.87. The van der Waals surface area contributed by atoms with Crippen molar-refractivity contribution in [3.05, 3.63) is 65.7 Å². The second-order valence-corrected chi connectivity index (χ2v) is 8.87. The van der Waals surface area contributed by atoms with E-state index in [-0.39, 0.29) is 18.6 Å². The summed E-state index contributed by atoms with van der Waals surface area (Å²) >= 11 is 0. The van der Waals surface area contributed by atoms with Crippen molar-refractivity contribution in [1.82, 2.24) is 9.62 Å². The molecule has 1 unspecified atom stereocenters. The van der Waals surface area contributed by atoms with Crippen molar-refractivity contribution in [2.24, 2.45) is 5.92 Å². The van der Waals surface area contributed by atoms with E-state index < -0.39 is 27.8 Å². The zero-order valence-corrected chi connectivity index (χ0v) is 18.2. The van der Waals surface area contributed by atoms with Gasteiger partial charge < -0.3 is 10.6 Å². The highest BCUT2D eigenvalue weighted by atomic mass is 32.2. The molecule has 1 atom stereocenters. The van der Waals surface area contributed by atoms with Crippen LogP contribution in [0.25, 0.3) is 0 Å². The molecule has 2 amide bonds. The minimum atomic E-state index is -3.89. The number of nitrogens with zero attached hydrogens (tertiary/aromatic N) is 1. The maximum atomic E-state index is 12.9. The smallest absolute Gasteiger partial charge is 0.246 e. The molecule has 8 heteroatoms. The molecule has 0 aliphatic heterocycles. The molecule has 0 aromatic heterocycles. The maximum absolute atomic E-state index is 12.9. The Hall–Kier alpha value is -2.87. The summed E-state index contributed by atoms with van der Waals surface area (Å²) in [5.74, 6) is -2.58. The van der Waals surface area contributed by atoms with Gasteiger partial charge in [-0.1, -0.05) is 42.5 Å². The molecule has 2 rings (SSSR count). The molecule has 162 valence electrons. The Morgan fingerprint density at radius 1 is 0.967 bits per heavy atom. The summed E-state index contributed by atoms with van der Waals surface area (Å²) in [5.41, 5.74) is 7.85. The zero-order chi connectivity index (χ0) is 22.1. The lowest BCUT2D eigenvalue weighted by Crippen LogP contribution is -2.46. The van der Waals surface area contributed by atoms with Gasteiger partial charge in [0, 0.05) is 18.8 Å². The Labute approximate surface area is 178 Å². The number of benzene rings is 2. The lowest BCUT2D eigenvalue weighted by molar-refractivity contribution is -0.141. The van der Waals surface area contributed by atoms with E-state index in [2.05, 4.69) is 4.72 Å². The molecule has 3 N–H and O–H groups in total. The molecule has 0 aliphatic rings. The van der Waals surface area contributed by atoms with Crippen molar-refractivity contribution >= 4 is 27.5 Å². The SMILES string of the molecule is CCN(CC)C(=O)C(Cc1ccc(N)cc1)C(=O)NS(=O)(=O)CCc1ccccc1. The predicted molar refractivity (Wildman–Crippen MR) is 118 cm³/mol. The van der Waals surface area contributed by atoms with Crippen molar-refractivity contribution in [3.63, 3.8) is 0 Å². The molecule has 7 nitrogen and oxygen atoms in total. The van der Waals surface area contributed by atoms with Gasteiger partial charge in [0.15, 0.2) is 0 Å². The van der Waals surface area contributed by atoms with E-state index >= 15 is 0 Å². The predicted octanol–water partition coefficient (Wildman–Crippen LogP) is 1.98. The third kappa shape index (κ3) is 6.88. The first kappa shape index (κ1) is 23.4. The largest absolute Gasteiger partial charge is 0.399 e. The second-order valence-electron chi connectivity index (χ2n) is 7.03. The summed E-state index contributed by atoms with van der Waals surface area (Å²) in [6, 6.07) is 16.0. The monoisotopic (exact) mass is 431 g/mol.